The van der Waals surface area contributed by atoms with Gasteiger partial charge in [0, 0.05) is 23.5 Å². The van der Waals surface area contributed by atoms with Crippen molar-refractivity contribution in [1.29, 1.82) is 0 Å². The molecule has 0 atom stereocenters. The van der Waals surface area contributed by atoms with E-state index in [1.165, 1.54) is 18.5 Å². The van der Waals surface area contributed by atoms with Gasteiger partial charge in [-0.2, -0.15) is 0 Å². The molecule has 120 valence electrons. The van der Waals surface area contributed by atoms with E-state index in [2.05, 4.69) is 20.6 Å². The van der Waals surface area contributed by atoms with Gasteiger partial charge >= 0.3 is 0 Å². The third kappa shape index (κ3) is 3.05. The summed E-state index contributed by atoms with van der Waals surface area (Å²) in [5.74, 6) is 2.25. The summed E-state index contributed by atoms with van der Waals surface area (Å²) in [7, 11) is 0. The van der Waals surface area contributed by atoms with E-state index < -0.39 is 0 Å². The van der Waals surface area contributed by atoms with Gasteiger partial charge in [-0.1, -0.05) is 6.07 Å². The molecule has 24 heavy (non-hydrogen) atoms. The van der Waals surface area contributed by atoms with Gasteiger partial charge in [0.15, 0.2) is 11.5 Å². The maximum atomic E-state index is 13.2. The summed E-state index contributed by atoms with van der Waals surface area (Å²) in [4.78, 5) is 8.31. The Labute approximate surface area is 137 Å². The Bertz CT molecular complexity index is 888. The van der Waals surface area contributed by atoms with Crippen molar-refractivity contribution in [2.45, 2.75) is 0 Å². The predicted octanol–water partition coefficient (Wildman–Crippen LogP) is 3.83. The molecule has 2 N–H and O–H groups in total. The summed E-state index contributed by atoms with van der Waals surface area (Å²) in [5.41, 5.74) is 1.43. The number of benzene rings is 2. The van der Waals surface area contributed by atoms with E-state index in [9.17, 15) is 4.39 Å². The number of nitrogens with zero attached hydrogens (tertiary/aromatic N) is 2. The summed E-state index contributed by atoms with van der Waals surface area (Å²) < 4.78 is 23.9. The molecule has 0 aliphatic carbocycles. The van der Waals surface area contributed by atoms with Gasteiger partial charge < -0.3 is 20.1 Å². The fourth-order valence-electron chi connectivity index (χ4n) is 2.33. The third-order valence-corrected chi connectivity index (χ3v) is 3.41. The van der Waals surface area contributed by atoms with Crippen LogP contribution >= 0.6 is 0 Å². The molecular weight excluding hydrogens is 311 g/mol. The summed E-state index contributed by atoms with van der Waals surface area (Å²) in [6, 6.07) is 13.4. The van der Waals surface area contributed by atoms with Crippen molar-refractivity contribution in [2.24, 2.45) is 0 Å². The number of anilines is 4. The number of fused-ring (bicyclic) bond motifs is 1. The van der Waals surface area contributed by atoms with Crippen LogP contribution in [0.4, 0.5) is 27.4 Å². The number of halogens is 1. The quantitative estimate of drug-likeness (QED) is 0.760. The van der Waals surface area contributed by atoms with Crippen LogP contribution in [-0.2, 0) is 0 Å². The number of aromatic nitrogens is 2. The van der Waals surface area contributed by atoms with Crippen molar-refractivity contribution >= 4 is 23.0 Å². The number of hydrogen-bond acceptors (Lipinski definition) is 6. The van der Waals surface area contributed by atoms with Crippen LogP contribution < -0.4 is 20.1 Å². The van der Waals surface area contributed by atoms with E-state index in [0.29, 0.717) is 23.1 Å². The Morgan fingerprint density at radius 3 is 2.38 bits per heavy atom. The lowest BCUT2D eigenvalue weighted by Gasteiger charge is -2.09. The fourth-order valence-corrected chi connectivity index (χ4v) is 2.33. The van der Waals surface area contributed by atoms with E-state index in [4.69, 9.17) is 9.47 Å². The standard InChI is InChI=1S/C17H13FN4O2/c18-11-2-1-3-12(6-11)21-16-8-17(20-9-19-16)22-13-4-5-14-15(7-13)24-10-23-14/h1-9H,10H2,(H2,19,20,21,22). The van der Waals surface area contributed by atoms with Gasteiger partial charge in [-0.15, -0.1) is 0 Å². The molecule has 0 saturated heterocycles. The summed E-state index contributed by atoms with van der Waals surface area (Å²) >= 11 is 0. The number of nitrogens with one attached hydrogen (secondary N) is 2. The molecule has 0 amide bonds. The van der Waals surface area contributed by atoms with E-state index >= 15 is 0 Å². The second-order valence-corrected chi connectivity index (χ2v) is 5.12. The molecular formula is C17H13FN4O2. The highest BCUT2D eigenvalue weighted by molar-refractivity contribution is 5.65. The average Bonchev–Trinajstić information content (AvgIpc) is 3.03. The van der Waals surface area contributed by atoms with E-state index in [1.807, 2.05) is 18.2 Å². The lowest BCUT2D eigenvalue weighted by atomic mass is 10.2. The fraction of sp³-hybridized carbons (Fsp3) is 0.0588. The summed E-state index contributed by atoms with van der Waals surface area (Å²) in [5, 5.41) is 6.21. The van der Waals surface area contributed by atoms with Gasteiger partial charge in [-0.3, -0.25) is 0 Å². The van der Waals surface area contributed by atoms with E-state index in [1.54, 1.807) is 18.2 Å². The molecule has 1 aliphatic heterocycles. The Morgan fingerprint density at radius 2 is 1.58 bits per heavy atom. The Balaban J connectivity index is 1.52. The van der Waals surface area contributed by atoms with Gasteiger partial charge in [0.2, 0.25) is 6.79 Å². The second-order valence-electron chi connectivity index (χ2n) is 5.12. The van der Waals surface area contributed by atoms with Crippen LogP contribution in [0.1, 0.15) is 0 Å². The predicted molar refractivity (Wildman–Crippen MR) is 87.6 cm³/mol. The molecule has 0 saturated carbocycles. The molecule has 0 bridgehead atoms. The minimum absolute atomic E-state index is 0.230. The Morgan fingerprint density at radius 1 is 0.833 bits per heavy atom. The summed E-state index contributed by atoms with van der Waals surface area (Å²) in [6.07, 6.45) is 1.43. The molecule has 4 rings (SSSR count). The van der Waals surface area contributed by atoms with Crippen LogP contribution in [0, 0.1) is 5.82 Å². The first-order valence-corrected chi connectivity index (χ1v) is 7.27. The van der Waals surface area contributed by atoms with Gasteiger partial charge in [-0.25, -0.2) is 14.4 Å². The van der Waals surface area contributed by atoms with Crippen molar-refractivity contribution in [2.75, 3.05) is 17.4 Å². The minimum Gasteiger partial charge on any atom is -0.454 e. The number of rotatable bonds is 4. The van der Waals surface area contributed by atoms with E-state index in [-0.39, 0.29) is 12.6 Å². The highest BCUT2D eigenvalue weighted by atomic mass is 19.1. The zero-order valence-electron chi connectivity index (χ0n) is 12.5. The highest BCUT2D eigenvalue weighted by Gasteiger charge is 2.13. The first-order chi connectivity index (χ1) is 11.8. The van der Waals surface area contributed by atoms with Crippen molar-refractivity contribution in [3.8, 4) is 11.5 Å². The van der Waals surface area contributed by atoms with Gasteiger partial charge in [0.05, 0.1) is 0 Å². The smallest absolute Gasteiger partial charge is 0.231 e. The van der Waals surface area contributed by atoms with Crippen molar-refractivity contribution < 1.29 is 13.9 Å². The largest absolute Gasteiger partial charge is 0.454 e. The SMILES string of the molecule is Fc1cccc(Nc2cc(Nc3ccc4c(c3)OCO4)ncn2)c1. The van der Waals surface area contributed by atoms with Crippen LogP contribution in [0.2, 0.25) is 0 Å². The Hall–Kier alpha value is -3.35. The monoisotopic (exact) mass is 324 g/mol. The molecule has 0 radical (unpaired) electrons. The molecule has 3 aromatic rings. The molecule has 0 spiro atoms. The maximum absolute atomic E-state index is 13.2. The normalized spacial score (nSPS) is 12.0. The topological polar surface area (TPSA) is 68.3 Å². The van der Waals surface area contributed by atoms with Crippen molar-refractivity contribution in [3.05, 3.63) is 60.7 Å². The van der Waals surface area contributed by atoms with Gasteiger partial charge in [0.1, 0.15) is 23.8 Å². The first kappa shape index (κ1) is 14.3. The van der Waals surface area contributed by atoms with Crippen LogP contribution in [0.15, 0.2) is 54.9 Å². The van der Waals surface area contributed by atoms with Crippen LogP contribution in [0.5, 0.6) is 11.5 Å². The zero-order chi connectivity index (χ0) is 16.4. The minimum atomic E-state index is -0.312. The van der Waals surface area contributed by atoms with Crippen LogP contribution in [-0.4, -0.2) is 16.8 Å². The molecule has 1 aromatic heterocycles. The Kier molecular flexibility index (Phi) is 3.59. The van der Waals surface area contributed by atoms with E-state index in [0.717, 1.165) is 11.4 Å². The van der Waals surface area contributed by atoms with Crippen LogP contribution in [0.3, 0.4) is 0 Å². The van der Waals surface area contributed by atoms with Gasteiger partial charge in [0.25, 0.3) is 0 Å². The molecule has 6 nitrogen and oxygen atoms in total. The average molecular weight is 324 g/mol. The molecule has 7 heteroatoms. The zero-order valence-corrected chi connectivity index (χ0v) is 12.5. The molecule has 1 aliphatic rings. The molecule has 0 unspecified atom stereocenters. The highest BCUT2D eigenvalue weighted by Crippen LogP contribution is 2.35. The molecule has 2 aromatic carbocycles. The summed E-state index contributed by atoms with van der Waals surface area (Å²) in [6.45, 7) is 0.230. The first-order valence-electron chi connectivity index (χ1n) is 7.27. The van der Waals surface area contributed by atoms with Gasteiger partial charge in [-0.05, 0) is 30.3 Å². The lowest BCUT2D eigenvalue weighted by Crippen LogP contribution is -1.98. The molecule has 0 fully saturated rings. The third-order valence-electron chi connectivity index (χ3n) is 3.41. The number of hydrogen-bond donors (Lipinski definition) is 2. The lowest BCUT2D eigenvalue weighted by molar-refractivity contribution is 0.174. The molecule has 2 heterocycles. The maximum Gasteiger partial charge on any atom is 0.231 e. The van der Waals surface area contributed by atoms with Crippen molar-refractivity contribution in [3.63, 3.8) is 0 Å². The van der Waals surface area contributed by atoms with Crippen LogP contribution in [0.25, 0.3) is 0 Å². The number of ether oxygens (including phenoxy) is 2. The second kappa shape index (κ2) is 6.04. The van der Waals surface area contributed by atoms with Crippen molar-refractivity contribution in [1.82, 2.24) is 9.97 Å².